The topological polar surface area (TPSA) is 80.6 Å². The SMILES string of the molecule is COc1ccc(OCC(=O)[O-])cc1/C=C/Cn1cccc1C(=O)c1ccc(C)cc1.[Na+]. The molecule has 3 rings (SSSR count). The summed E-state index contributed by atoms with van der Waals surface area (Å²) in [5.74, 6) is -0.309. The Morgan fingerprint density at radius 3 is 2.52 bits per heavy atom. The van der Waals surface area contributed by atoms with Crippen LogP contribution >= 0.6 is 0 Å². The van der Waals surface area contributed by atoms with Gasteiger partial charge in [-0.05, 0) is 37.3 Å². The zero-order chi connectivity index (χ0) is 21.5. The number of aliphatic carboxylic acids is 1. The summed E-state index contributed by atoms with van der Waals surface area (Å²) in [6.45, 7) is 1.94. The number of allylic oxidation sites excluding steroid dienone is 1. The van der Waals surface area contributed by atoms with E-state index in [1.54, 1.807) is 31.4 Å². The fraction of sp³-hybridized carbons (Fsp3) is 0.167. The molecule has 0 unspecified atom stereocenters. The summed E-state index contributed by atoms with van der Waals surface area (Å²) in [4.78, 5) is 23.4. The van der Waals surface area contributed by atoms with Crippen molar-refractivity contribution in [1.29, 1.82) is 0 Å². The van der Waals surface area contributed by atoms with E-state index < -0.39 is 12.6 Å². The van der Waals surface area contributed by atoms with Gasteiger partial charge in [0.2, 0.25) is 5.78 Å². The third-order valence-corrected chi connectivity index (χ3v) is 4.53. The number of rotatable bonds is 9. The number of ketones is 1. The molecule has 1 heterocycles. The van der Waals surface area contributed by atoms with E-state index >= 15 is 0 Å². The molecule has 31 heavy (non-hydrogen) atoms. The van der Waals surface area contributed by atoms with Crippen LogP contribution < -0.4 is 44.1 Å². The van der Waals surface area contributed by atoms with Gasteiger partial charge in [-0.15, -0.1) is 0 Å². The van der Waals surface area contributed by atoms with Gasteiger partial charge in [0.15, 0.2) is 0 Å². The van der Waals surface area contributed by atoms with Crippen molar-refractivity contribution in [2.75, 3.05) is 13.7 Å². The average molecular weight is 427 g/mol. The van der Waals surface area contributed by atoms with Crippen molar-refractivity contribution in [1.82, 2.24) is 4.57 Å². The maximum atomic E-state index is 12.8. The van der Waals surface area contributed by atoms with Crippen LogP contribution in [0, 0.1) is 6.92 Å². The molecule has 1 aromatic heterocycles. The van der Waals surface area contributed by atoms with Crippen molar-refractivity contribution in [2.45, 2.75) is 13.5 Å². The minimum absolute atomic E-state index is 0. The van der Waals surface area contributed by atoms with Crippen LogP contribution in [0.2, 0.25) is 0 Å². The number of hydrogen-bond acceptors (Lipinski definition) is 5. The second-order valence-electron chi connectivity index (χ2n) is 6.71. The van der Waals surface area contributed by atoms with E-state index in [9.17, 15) is 14.7 Å². The van der Waals surface area contributed by atoms with Crippen LogP contribution in [0.25, 0.3) is 6.08 Å². The van der Waals surface area contributed by atoms with E-state index in [4.69, 9.17) is 9.47 Å². The Morgan fingerprint density at radius 2 is 1.84 bits per heavy atom. The second-order valence-corrected chi connectivity index (χ2v) is 6.71. The Balaban J connectivity index is 0.00000341. The van der Waals surface area contributed by atoms with Gasteiger partial charge in [-0.3, -0.25) is 4.79 Å². The molecular weight excluding hydrogens is 405 g/mol. The van der Waals surface area contributed by atoms with Crippen LogP contribution in [0.4, 0.5) is 0 Å². The van der Waals surface area contributed by atoms with Gasteiger partial charge in [0.25, 0.3) is 0 Å². The minimum atomic E-state index is -1.29. The Labute approximate surface area is 203 Å². The molecule has 7 heteroatoms. The molecule has 0 aliphatic heterocycles. The minimum Gasteiger partial charge on any atom is -0.546 e. The molecule has 0 fully saturated rings. The van der Waals surface area contributed by atoms with Crippen molar-refractivity contribution in [3.8, 4) is 11.5 Å². The number of carbonyl (C=O) groups excluding carboxylic acids is 2. The zero-order valence-corrected chi connectivity index (χ0v) is 19.8. The quantitative estimate of drug-likeness (QED) is 0.352. The molecule has 0 saturated heterocycles. The van der Waals surface area contributed by atoms with Gasteiger partial charge in [0, 0.05) is 23.9 Å². The standard InChI is InChI=1S/C24H23NO5.Na/c1-17-7-9-18(10-8-17)24(28)21-6-4-14-25(21)13-3-5-19-15-20(30-16-23(26)27)11-12-22(19)29-2;/h3-12,14-15H,13,16H2,1-2H3,(H,26,27);/q;+1/p-1/b5-3+;. The predicted octanol–water partition coefficient (Wildman–Crippen LogP) is -0.118. The summed E-state index contributed by atoms with van der Waals surface area (Å²) < 4.78 is 12.4. The Morgan fingerprint density at radius 1 is 1.10 bits per heavy atom. The van der Waals surface area contributed by atoms with E-state index in [0.29, 0.717) is 29.3 Å². The van der Waals surface area contributed by atoms with E-state index in [1.165, 1.54) is 0 Å². The number of ether oxygens (including phenoxy) is 2. The molecule has 0 amide bonds. The number of carboxylic acids is 1. The molecule has 0 N–H and O–H groups in total. The van der Waals surface area contributed by atoms with Gasteiger partial charge >= 0.3 is 29.6 Å². The number of carbonyl (C=O) groups is 2. The predicted molar refractivity (Wildman–Crippen MR) is 112 cm³/mol. The molecule has 6 nitrogen and oxygen atoms in total. The van der Waals surface area contributed by atoms with Crippen molar-refractivity contribution in [3.05, 3.63) is 89.3 Å². The molecule has 154 valence electrons. The molecule has 0 radical (unpaired) electrons. The largest absolute Gasteiger partial charge is 1.00 e. The summed E-state index contributed by atoms with van der Waals surface area (Å²) in [5.41, 5.74) is 3.07. The van der Waals surface area contributed by atoms with Crippen LogP contribution in [0.3, 0.4) is 0 Å². The number of nitrogens with zero attached hydrogens (tertiary/aromatic N) is 1. The third kappa shape index (κ3) is 6.59. The molecule has 3 aromatic rings. The van der Waals surface area contributed by atoms with Crippen molar-refractivity contribution < 1.29 is 53.7 Å². The van der Waals surface area contributed by atoms with E-state index in [-0.39, 0.29) is 35.3 Å². The molecule has 0 bridgehead atoms. The van der Waals surface area contributed by atoms with Gasteiger partial charge in [-0.1, -0.05) is 42.0 Å². The number of carboxylic acid groups (broad SMARTS) is 1. The average Bonchev–Trinajstić information content (AvgIpc) is 3.21. The number of aromatic nitrogens is 1. The first-order valence-electron chi connectivity index (χ1n) is 9.41. The zero-order valence-electron chi connectivity index (χ0n) is 17.8. The number of aryl methyl sites for hydroxylation is 1. The Kier molecular flexibility index (Phi) is 9.12. The van der Waals surface area contributed by atoms with Gasteiger partial charge in [-0.2, -0.15) is 0 Å². The summed E-state index contributed by atoms with van der Waals surface area (Å²) in [5, 5.41) is 10.6. The summed E-state index contributed by atoms with van der Waals surface area (Å²) >= 11 is 0. The van der Waals surface area contributed by atoms with Crippen molar-refractivity contribution >= 4 is 17.8 Å². The van der Waals surface area contributed by atoms with Crippen LogP contribution in [0.15, 0.2) is 66.9 Å². The van der Waals surface area contributed by atoms with Crippen molar-refractivity contribution in [3.63, 3.8) is 0 Å². The summed E-state index contributed by atoms with van der Waals surface area (Å²) in [6.07, 6.45) is 5.58. The third-order valence-electron chi connectivity index (χ3n) is 4.53. The number of methoxy groups -OCH3 is 1. The maximum absolute atomic E-state index is 12.8. The number of benzene rings is 2. The normalized spacial score (nSPS) is 10.5. The molecule has 0 saturated carbocycles. The first-order chi connectivity index (χ1) is 14.5. The fourth-order valence-electron chi connectivity index (χ4n) is 3.00. The molecular formula is C24H22NNaO5. The molecule has 0 aliphatic carbocycles. The van der Waals surface area contributed by atoms with E-state index in [1.807, 2.05) is 60.2 Å². The first kappa shape index (κ1) is 24.5. The Bertz CT molecular complexity index is 1070. The second kappa shape index (κ2) is 11.6. The number of hydrogen-bond donors (Lipinski definition) is 0. The smallest absolute Gasteiger partial charge is 0.546 e. The van der Waals surface area contributed by atoms with Gasteiger partial charge in [0.05, 0.1) is 18.8 Å². The van der Waals surface area contributed by atoms with Crippen LogP contribution in [0.5, 0.6) is 11.5 Å². The van der Waals surface area contributed by atoms with Crippen LogP contribution in [-0.2, 0) is 11.3 Å². The first-order valence-corrected chi connectivity index (χ1v) is 9.41. The molecule has 0 spiro atoms. The van der Waals surface area contributed by atoms with Crippen LogP contribution in [0.1, 0.15) is 27.2 Å². The van der Waals surface area contributed by atoms with Gasteiger partial charge < -0.3 is 23.9 Å². The fourth-order valence-corrected chi connectivity index (χ4v) is 3.00. The molecule has 0 aliphatic rings. The Hall–Kier alpha value is -2.80. The van der Waals surface area contributed by atoms with Gasteiger partial charge in [0.1, 0.15) is 18.1 Å². The molecule has 0 atom stereocenters. The van der Waals surface area contributed by atoms with E-state index in [2.05, 4.69) is 0 Å². The van der Waals surface area contributed by atoms with Crippen molar-refractivity contribution in [2.24, 2.45) is 0 Å². The summed E-state index contributed by atoms with van der Waals surface area (Å²) in [6, 6.07) is 16.1. The summed E-state index contributed by atoms with van der Waals surface area (Å²) in [7, 11) is 1.55. The van der Waals surface area contributed by atoms with E-state index in [0.717, 1.165) is 11.1 Å². The molecule has 2 aromatic carbocycles. The van der Waals surface area contributed by atoms with Crippen LogP contribution in [-0.4, -0.2) is 30.0 Å². The monoisotopic (exact) mass is 427 g/mol. The maximum Gasteiger partial charge on any atom is 1.00 e. The van der Waals surface area contributed by atoms with Gasteiger partial charge in [-0.25, -0.2) is 0 Å².